The molecule has 0 aliphatic carbocycles. The van der Waals surface area contributed by atoms with Gasteiger partial charge in [-0.3, -0.25) is 9.47 Å². The van der Waals surface area contributed by atoms with Gasteiger partial charge in [0.05, 0.1) is 24.3 Å². The predicted octanol–water partition coefficient (Wildman–Crippen LogP) is 4.31. The summed E-state index contributed by atoms with van der Waals surface area (Å²) in [5, 5.41) is 3.14. The second-order valence-corrected chi connectivity index (χ2v) is 8.50. The molecule has 156 valence electrons. The van der Waals surface area contributed by atoms with Crippen molar-refractivity contribution in [2.45, 2.75) is 26.4 Å². The zero-order chi connectivity index (χ0) is 21.3. The highest BCUT2D eigenvalue weighted by molar-refractivity contribution is 6.05. The Morgan fingerprint density at radius 1 is 0.933 bits per heavy atom. The van der Waals surface area contributed by atoms with Gasteiger partial charge in [0, 0.05) is 29.6 Å². The lowest BCUT2D eigenvalue weighted by Gasteiger charge is -2.38. The molecule has 2 aromatic carbocycles. The molecule has 0 spiro atoms. The average molecular weight is 405 g/mol. The van der Waals surface area contributed by atoms with Crippen LogP contribution < -0.4 is 5.01 Å². The molecule has 0 saturated carbocycles. The third-order valence-electron chi connectivity index (χ3n) is 5.25. The Balaban J connectivity index is 1.70. The molecule has 2 heterocycles. The molecule has 4 rings (SSSR count). The molecule has 6 heteroatoms. The molecular weight excluding hydrogens is 378 g/mol. The molecule has 1 fully saturated rings. The molecule has 1 amide bonds. The maximum absolute atomic E-state index is 12.4. The minimum Gasteiger partial charge on any atom is -0.444 e. The number of hydrogen-bond donors (Lipinski definition) is 0. The number of rotatable bonds is 3. The minimum atomic E-state index is -0.510. The van der Waals surface area contributed by atoms with Crippen LogP contribution >= 0.6 is 0 Å². The third kappa shape index (κ3) is 3.77. The number of ether oxygens (including phenoxy) is 1. The van der Waals surface area contributed by atoms with Crippen molar-refractivity contribution in [3.05, 3.63) is 60.2 Å². The van der Waals surface area contributed by atoms with Crippen molar-refractivity contribution in [1.29, 1.82) is 0 Å². The van der Waals surface area contributed by atoms with E-state index in [-0.39, 0.29) is 6.09 Å². The van der Waals surface area contributed by atoms with Gasteiger partial charge in [-0.15, -0.1) is 0 Å². The average Bonchev–Trinajstić information content (AvgIpc) is 3.07. The van der Waals surface area contributed by atoms with Crippen molar-refractivity contribution in [3.8, 4) is 11.3 Å². The number of hydrogen-bond acceptors (Lipinski definition) is 4. The molecule has 0 N–H and O–H groups in total. The Hall–Kier alpha value is -3.28. The Morgan fingerprint density at radius 3 is 2.20 bits per heavy atom. The quantitative estimate of drug-likeness (QED) is 0.610. The molecule has 0 atom stereocenters. The van der Waals surface area contributed by atoms with Crippen LogP contribution in [0.1, 0.15) is 31.1 Å². The van der Waals surface area contributed by atoms with Crippen molar-refractivity contribution in [1.82, 2.24) is 9.58 Å². The number of fused-ring (bicyclic) bond motifs is 1. The van der Waals surface area contributed by atoms with Crippen molar-refractivity contribution >= 4 is 23.3 Å². The lowest BCUT2D eigenvalue weighted by Crippen LogP contribution is -2.53. The standard InChI is InChI=1S/C24H27N3O3/c1-24(2,3)30-23(29)25-13-15-26(16-14-25)27-21-12-8-7-11-19(21)20(17-28)22(27)18-9-5-4-6-10-18/h4-12,17H,13-16H2,1-3H3. The van der Waals surface area contributed by atoms with E-state index in [1.165, 1.54) is 0 Å². The highest BCUT2D eigenvalue weighted by Crippen LogP contribution is 2.33. The normalized spacial score (nSPS) is 14.8. The van der Waals surface area contributed by atoms with Crippen molar-refractivity contribution in [3.63, 3.8) is 0 Å². The van der Waals surface area contributed by atoms with Gasteiger partial charge in [0.2, 0.25) is 0 Å². The monoisotopic (exact) mass is 405 g/mol. The smallest absolute Gasteiger partial charge is 0.410 e. The second-order valence-electron chi connectivity index (χ2n) is 8.50. The largest absolute Gasteiger partial charge is 0.444 e. The fourth-order valence-corrected chi connectivity index (χ4v) is 3.94. The van der Waals surface area contributed by atoms with Crippen LogP contribution in [0.5, 0.6) is 0 Å². The molecule has 0 unspecified atom stereocenters. The van der Waals surface area contributed by atoms with Crippen molar-refractivity contribution < 1.29 is 14.3 Å². The van der Waals surface area contributed by atoms with Gasteiger partial charge < -0.3 is 14.6 Å². The van der Waals surface area contributed by atoms with Crippen LogP contribution in [0.3, 0.4) is 0 Å². The van der Waals surface area contributed by atoms with Crippen LogP contribution in [-0.2, 0) is 4.74 Å². The summed E-state index contributed by atoms with van der Waals surface area (Å²) in [6.07, 6.45) is 0.661. The number of amides is 1. The van der Waals surface area contributed by atoms with Crippen molar-refractivity contribution in [2.75, 3.05) is 31.2 Å². The predicted molar refractivity (Wildman–Crippen MR) is 119 cm³/mol. The van der Waals surface area contributed by atoms with E-state index in [9.17, 15) is 9.59 Å². The Kier molecular flexibility index (Phi) is 5.24. The molecule has 0 bridgehead atoms. The minimum absolute atomic E-state index is 0.281. The molecule has 1 aliphatic rings. The summed E-state index contributed by atoms with van der Waals surface area (Å²) in [4.78, 5) is 26.3. The Morgan fingerprint density at radius 2 is 1.57 bits per heavy atom. The summed E-state index contributed by atoms with van der Waals surface area (Å²) in [5.74, 6) is 0. The van der Waals surface area contributed by atoms with Crippen LogP contribution in [0.2, 0.25) is 0 Å². The number of para-hydroxylation sites is 1. The van der Waals surface area contributed by atoms with Crippen LogP contribution in [0, 0.1) is 0 Å². The summed E-state index contributed by atoms with van der Waals surface area (Å²) in [7, 11) is 0. The molecule has 6 nitrogen and oxygen atoms in total. The van der Waals surface area contributed by atoms with E-state index in [1.54, 1.807) is 4.90 Å². The van der Waals surface area contributed by atoms with Gasteiger partial charge in [-0.25, -0.2) is 4.79 Å². The Bertz CT molecular complexity index is 1060. The maximum atomic E-state index is 12.4. The van der Waals surface area contributed by atoms with Gasteiger partial charge in [0.15, 0.2) is 6.29 Å². The number of carbonyl (C=O) groups excluding carboxylic acids is 2. The van der Waals surface area contributed by atoms with Crippen LogP contribution in [-0.4, -0.2) is 53.7 Å². The zero-order valence-corrected chi connectivity index (χ0v) is 17.7. The van der Waals surface area contributed by atoms with Crippen molar-refractivity contribution in [2.24, 2.45) is 0 Å². The molecule has 30 heavy (non-hydrogen) atoms. The first kappa shape index (κ1) is 20.0. The summed E-state index contributed by atoms with van der Waals surface area (Å²) in [5.41, 5.74) is 3.04. The lowest BCUT2D eigenvalue weighted by molar-refractivity contribution is 0.0233. The lowest BCUT2D eigenvalue weighted by atomic mass is 10.1. The van der Waals surface area contributed by atoms with E-state index in [1.807, 2.05) is 75.4 Å². The fraction of sp³-hybridized carbons (Fsp3) is 0.333. The molecule has 0 radical (unpaired) electrons. The van der Waals surface area contributed by atoms with Crippen LogP contribution in [0.25, 0.3) is 22.2 Å². The van der Waals surface area contributed by atoms with Gasteiger partial charge in [-0.05, 0) is 26.8 Å². The third-order valence-corrected chi connectivity index (χ3v) is 5.25. The summed E-state index contributed by atoms with van der Waals surface area (Å²) in [6, 6.07) is 17.9. The van der Waals surface area contributed by atoms with E-state index >= 15 is 0 Å². The van der Waals surface area contributed by atoms with E-state index < -0.39 is 5.60 Å². The fourth-order valence-electron chi connectivity index (χ4n) is 3.94. The van der Waals surface area contributed by atoms with E-state index in [0.29, 0.717) is 31.7 Å². The number of aromatic nitrogens is 1. The molecule has 3 aromatic rings. The first-order chi connectivity index (χ1) is 14.4. The van der Waals surface area contributed by atoms with Crippen LogP contribution in [0.4, 0.5) is 4.79 Å². The highest BCUT2D eigenvalue weighted by Gasteiger charge is 2.28. The number of nitrogens with zero attached hydrogens (tertiary/aromatic N) is 3. The maximum Gasteiger partial charge on any atom is 0.410 e. The first-order valence-corrected chi connectivity index (χ1v) is 10.3. The SMILES string of the molecule is CC(C)(C)OC(=O)N1CCN(n2c(-c3ccccc3)c(C=O)c3ccccc32)CC1. The van der Waals surface area contributed by atoms with Gasteiger partial charge in [-0.1, -0.05) is 48.5 Å². The number of benzene rings is 2. The molecular formula is C24H27N3O3. The molecule has 1 aromatic heterocycles. The number of carbonyl (C=O) groups is 2. The first-order valence-electron chi connectivity index (χ1n) is 10.3. The Labute approximate surface area is 176 Å². The van der Waals surface area contributed by atoms with E-state index in [0.717, 1.165) is 28.4 Å². The van der Waals surface area contributed by atoms with Gasteiger partial charge in [-0.2, -0.15) is 0 Å². The topological polar surface area (TPSA) is 54.8 Å². The summed E-state index contributed by atoms with van der Waals surface area (Å²) >= 11 is 0. The van der Waals surface area contributed by atoms with Gasteiger partial charge in [0.1, 0.15) is 5.60 Å². The van der Waals surface area contributed by atoms with Gasteiger partial charge in [0.25, 0.3) is 0 Å². The summed E-state index contributed by atoms with van der Waals surface area (Å²) in [6.45, 7) is 8.05. The summed E-state index contributed by atoms with van der Waals surface area (Å²) < 4.78 is 7.66. The zero-order valence-electron chi connectivity index (χ0n) is 17.7. The number of piperazine rings is 1. The molecule has 1 aliphatic heterocycles. The number of aldehydes is 1. The van der Waals surface area contributed by atoms with Gasteiger partial charge >= 0.3 is 6.09 Å². The highest BCUT2D eigenvalue weighted by atomic mass is 16.6. The molecule has 1 saturated heterocycles. The van der Waals surface area contributed by atoms with Crippen LogP contribution in [0.15, 0.2) is 54.6 Å². The van der Waals surface area contributed by atoms with E-state index in [4.69, 9.17) is 4.74 Å². The second kappa shape index (κ2) is 7.86. The van der Waals surface area contributed by atoms with E-state index in [2.05, 4.69) is 9.69 Å².